The minimum atomic E-state index is 0.203. The van der Waals surface area contributed by atoms with Gasteiger partial charge >= 0.3 is 0 Å². The number of hydrogen-bond acceptors (Lipinski definition) is 7. The quantitative estimate of drug-likeness (QED) is 0.535. The van der Waals surface area contributed by atoms with E-state index >= 15 is 0 Å². The summed E-state index contributed by atoms with van der Waals surface area (Å²) in [6.07, 6.45) is 3.61. The molecule has 0 saturated carbocycles. The molecule has 7 nitrogen and oxygen atoms in total. The second kappa shape index (κ2) is 6.29. The summed E-state index contributed by atoms with van der Waals surface area (Å²) < 4.78 is 13.0. The zero-order valence-electron chi connectivity index (χ0n) is 14.1. The average Bonchev–Trinajstić information content (AvgIpc) is 3.34. The van der Waals surface area contributed by atoms with Gasteiger partial charge in [0.25, 0.3) is 0 Å². The van der Waals surface area contributed by atoms with Crippen molar-refractivity contribution < 1.29 is 8.94 Å². The first-order valence-corrected chi connectivity index (χ1v) is 8.85. The van der Waals surface area contributed by atoms with Gasteiger partial charge in [0.05, 0.1) is 11.4 Å². The van der Waals surface area contributed by atoms with Crippen molar-refractivity contribution >= 4 is 11.3 Å². The standard InChI is InChI=1S/C17H17N5O2S/c1-10(2)16-19-13(21-24-16)9-22-7-6-18-15(22)14-11(3)23-17(20-14)12-5-4-8-25-12/h4-8,10H,9H2,1-3H3. The number of thiophene rings is 1. The fourth-order valence-electron chi connectivity index (χ4n) is 2.48. The number of aromatic nitrogens is 5. The second-order valence-electron chi connectivity index (χ2n) is 5.98. The van der Waals surface area contributed by atoms with E-state index in [-0.39, 0.29) is 5.92 Å². The highest BCUT2D eigenvalue weighted by Crippen LogP contribution is 2.30. The maximum absolute atomic E-state index is 5.82. The molecule has 0 aromatic carbocycles. The molecule has 0 saturated heterocycles. The molecular weight excluding hydrogens is 338 g/mol. The number of aryl methyl sites for hydroxylation is 1. The molecule has 0 radical (unpaired) electrons. The Morgan fingerprint density at radius 1 is 1.28 bits per heavy atom. The number of imidazole rings is 1. The first-order valence-electron chi connectivity index (χ1n) is 7.97. The van der Waals surface area contributed by atoms with E-state index in [1.165, 1.54) is 0 Å². The van der Waals surface area contributed by atoms with E-state index in [0.717, 1.165) is 22.2 Å². The first kappa shape index (κ1) is 15.8. The Bertz CT molecular complexity index is 981. The fourth-order valence-corrected chi connectivity index (χ4v) is 3.13. The maximum Gasteiger partial charge on any atom is 0.237 e. The van der Waals surface area contributed by atoms with E-state index in [4.69, 9.17) is 8.94 Å². The van der Waals surface area contributed by atoms with Crippen molar-refractivity contribution in [3.63, 3.8) is 0 Å². The Kier molecular flexibility index (Phi) is 3.96. The minimum Gasteiger partial charge on any atom is -0.440 e. The molecule has 4 aromatic heterocycles. The zero-order chi connectivity index (χ0) is 17.4. The van der Waals surface area contributed by atoms with E-state index in [1.54, 1.807) is 17.5 Å². The smallest absolute Gasteiger partial charge is 0.237 e. The van der Waals surface area contributed by atoms with Crippen LogP contribution < -0.4 is 0 Å². The van der Waals surface area contributed by atoms with Gasteiger partial charge < -0.3 is 13.5 Å². The number of oxazole rings is 1. The maximum atomic E-state index is 5.82. The molecule has 0 amide bonds. The Balaban J connectivity index is 1.65. The summed E-state index contributed by atoms with van der Waals surface area (Å²) in [7, 11) is 0. The largest absolute Gasteiger partial charge is 0.440 e. The van der Waals surface area contributed by atoms with Gasteiger partial charge in [-0.3, -0.25) is 0 Å². The molecule has 25 heavy (non-hydrogen) atoms. The predicted octanol–water partition coefficient (Wildman–Crippen LogP) is 4.13. The van der Waals surface area contributed by atoms with E-state index in [0.29, 0.717) is 24.2 Å². The molecule has 0 spiro atoms. The van der Waals surface area contributed by atoms with Crippen LogP contribution in [0.15, 0.2) is 38.8 Å². The molecule has 128 valence electrons. The summed E-state index contributed by atoms with van der Waals surface area (Å²) in [6, 6.07) is 3.96. The zero-order valence-corrected chi connectivity index (χ0v) is 14.9. The summed E-state index contributed by atoms with van der Waals surface area (Å²) >= 11 is 1.59. The molecule has 0 unspecified atom stereocenters. The summed E-state index contributed by atoms with van der Waals surface area (Å²) in [5, 5.41) is 6.04. The van der Waals surface area contributed by atoms with Crippen molar-refractivity contribution in [3.05, 3.63) is 47.4 Å². The molecule has 0 aliphatic heterocycles. The van der Waals surface area contributed by atoms with Gasteiger partial charge in [-0.2, -0.15) is 4.98 Å². The highest BCUT2D eigenvalue weighted by Gasteiger charge is 2.19. The molecule has 4 heterocycles. The van der Waals surface area contributed by atoms with Crippen molar-refractivity contribution in [3.8, 4) is 22.3 Å². The SMILES string of the molecule is Cc1oc(-c2cccs2)nc1-c1nccn1Cc1noc(C(C)C)n1. The third-order valence-electron chi connectivity index (χ3n) is 3.75. The first-order chi connectivity index (χ1) is 12.1. The van der Waals surface area contributed by atoms with Gasteiger partial charge in [-0.1, -0.05) is 25.1 Å². The van der Waals surface area contributed by atoms with Crippen molar-refractivity contribution in [2.45, 2.75) is 33.2 Å². The Hall–Kier alpha value is -2.74. The fraction of sp³-hybridized carbons (Fsp3) is 0.294. The van der Waals surface area contributed by atoms with E-state index in [9.17, 15) is 0 Å². The monoisotopic (exact) mass is 355 g/mol. The normalized spacial score (nSPS) is 11.5. The molecular formula is C17H17N5O2S. The second-order valence-corrected chi connectivity index (χ2v) is 6.93. The van der Waals surface area contributed by atoms with Crippen molar-refractivity contribution in [1.29, 1.82) is 0 Å². The lowest BCUT2D eigenvalue weighted by Crippen LogP contribution is -2.03. The Morgan fingerprint density at radius 2 is 2.16 bits per heavy atom. The van der Waals surface area contributed by atoms with Gasteiger partial charge in [0.15, 0.2) is 11.6 Å². The molecule has 8 heteroatoms. The van der Waals surface area contributed by atoms with Crippen LogP contribution >= 0.6 is 11.3 Å². The van der Waals surface area contributed by atoms with Crippen LogP contribution in [0.2, 0.25) is 0 Å². The van der Waals surface area contributed by atoms with E-state index < -0.39 is 0 Å². The van der Waals surface area contributed by atoms with Crippen LogP contribution in [0.25, 0.3) is 22.3 Å². The molecule has 4 rings (SSSR count). The lowest BCUT2D eigenvalue weighted by Gasteiger charge is -2.02. The summed E-state index contributed by atoms with van der Waals surface area (Å²) in [5.74, 6) is 3.51. The van der Waals surface area contributed by atoms with Gasteiger partial charge in [-0.05, 0) is 18.4 Å². The minimum absolute atomic E-state index is 0.203. The highest BCUT2D eigenvalue weighted by molar-refractivity contribution is 7.13. The van der Waals surface area contributed by atoms with Gasteiger partial charge in [0, 0.05) is 18.3 Å². The highest BCUT2D eigenvalue weighted by atomic mass is 32.1. The Morgan fingerprint density at radius 3 is 2.88 bits per heavy atom. The average molecular weight is 355 g/mol. The lowest BCUT2D eigenvalue weighted by atomic mass is 10.2. The van der Waals surface area contributed by atoms with Crippen LogP contribution in [0.1, 0.15) is 37.2 Å². The summed E-state index contributed by atoms with van der Waals surface area (Å²) in [6.45, 7) is 6.39. The molecule has 0 N–H and O–H groups in total. The van der Waals surface area contributed by atoms with Crippen molar-refractivity contribution in [2.24, 2.45) is 0 Å². The van der Waals surface area contributed by atoms with Crippen LogP contribution in [-0.2, 0) is 6.54 Å². The Labute approximate surface area is 148 Å². The van der Waals surface area contributed by atoms with Gasteiger partial charge in [0.2, 0.25) is 11.8 Å². The van der Waals surface area contributed by atoms with Gasteiger partial charge in [-0.15, -0.1) is 11.3 Å². The predicted molar refractivity (Wildman–Crippen MR) is 93.3 cm³/mol. The van der Waals surface area contributed by atoms with Crippen molar-refractivity contribution in [2.75, 3.05) is 0 Å². The summed E-state index contributed by atoms with van der Waals surface area (Å²) in [5.41, 5.74) is 0.723. The molecule has 4 aromatic rings. The number of nitrogens with zero attached hydrogens (tertiary/aromatic N) is 5. The molecule has 0 atom stereocenters. The lowest BCUT2D eigenvalue weighted by molar-refractivity contribution is 0.360. The third-order valence-corrected chi connectivity index (χ3v) is 4.60. The summed E-state index contributed by atoms with van der Waals surface area (Å²) in [4.78, 5) is 14.5. The van der Waals surface area contributed by atoms with Crippen LogP contribution in [0, 0.1) is 6.92 Å². The molecule has 0 fully saturated rings. The topological polar surface area (TPSA) is 82.8 Å². The van der Waals surface area contributed by atoms with Gasteiger partial charge in [0.1, 0.15) is 11.5 Å². The van der Waals surface area contributed by atoms with Crippen LogP contribution in [0.5, 0.6) is 0 Å². The molecule has 0 aliphatic carbocycles. The third kappa shape index (κ3) is 3.00. The van der Waals surface area contributed by atoms with Gasteiger partial charge in [-0.25, -0.2) is 9.97 Å². The van der Waals surface area contributed by atoms with E-state index in [2.05, 4.69) is 20.1 Å². The van der Waals surface area contributed by atoms with Crippen LogP contribution in [-0.4, -0.2) is 24.7 Å². The number of rotatable bonds is 5. The molecule has 0 bridgehead atoms. The van der Waals surface area contributed by atoms with Crippen LogP contribution in [0.4, 0.5) is 0 Å². The van der Waals surface area contributed by atoms with Crippen molar-refractivity contribution in [1.82, 2.24) is 24.7 Å². The number of hydrogen-bond donors (Lipinski definition) is 0. The van der Waals surface area contributed by atoms with E-state index in [1.807, 2.05) is 49.0 Å². The molecule has 0 aliphatic rings. The van der Waals surface area contributed by atoms with Crippen LogP contribution in [0.3, 0.4) is 0 Å².